The number of nitrogens with zero attached hydrogens (tertiary/aromatic N) is 2. The predicted molar refractivity (Wildman–Crippen MR) is 55.0 cm³/mol. The third-order valence-corrected chi connectivity index (χ3v) is 2.05. The Balaban J connectivity index is 3.30. The van der Waals surface area contributed by atoms with Crippen molar-refractivity contribution in [1.82, 2.24) is 4.98 Å². The lowest BCUT2D eigenvalue weighted by atomic mass is 10.2. The summed E-state index contributed by atoms with van der Waals surface area (Å²) in [4.78, 5) is 12.9. The Labute approximate surface area is 101 Å². The fraction of sp³-hybridized carbons (Fsp3) is 0.286. The summed E-state index contributed by atoms with van der Waals surface area (Å²) < 4.78 is 39.8. The molecule has 0 fully saturated rings. The molecule has 0 radical (unpaired) electrons. The normalized spacial score (nSPS) is 11.3. The lowest BCUT2D eigenvalue weighted by molar-refractivity contribution is -0.393. The van der Waals surface area contributed by atoms with Crippen molar-refractivity contribution in [2.24, 2.45) is 0 Å². The molecule has 0 aliphatic carbocycles. The van der Waals surface area contributed by atoms with Crippen molar-refractivity contribution in [2.45, 2.75) is 13.3 Å². The minimum atomic E-state index is -4.98. The van der Waals surface area contributed by atoms with Crippen LogP contribution in [0.5, 0.6) is 5.75 Å². The molecule has 88 valence electrons. The molecule has 5 nitrogen and oxygen atoms in total. The highest BCUT2D eigenvalue weighted by Gasteiger charge is 2.36. The Morgan fingerprint density at radius 2 is 2.12 bits per heavy atom. The average Bonchev–Trinajstić information content (AvgIpc) is 2.07. The fourth-order valence-corrected chi connectivity index (χ4v) is 1.67. The van der Waals surface area contributed by atoms with E-state index in [4.69, 9.17) is 0 Å². The Morgan fingerprint density at radius 1 is 1.56 bits per heavy atom. The van der Waals surface area contributed by atoms with E-state index in [0.29, 0.717) is 0 Å². The van der Waals surface area contributed by atoms with Crippen molar-refractivity contribution in [3.05, 3.63) is 25.4 Å². The van der Waals surface area contributed by atoms with Crippen LogP contribution < -0.4 is 4.74 Å². The van der Waals surface area contributed by atoms with Crippen LogP contribution in [-0.4, -0.2) is 16.3 Å². The van der Waals surface area contributed by atoms with Crippen LogP contribution in [0.15, 0.2) is 6.07 Å². The SMILES string of the molecule is Cc1cc(I)nc([N+](=O)[O-])c1OC(F)(F)F. The summed E-state index contributed by atoms with van der Waals surface area (Å²) in [5, 5.41) is 10.5. The first-order valence-corrected chi connectivity index (χ1v) is 4.86. The second-order valence-corrected chi connectivity index (χ2v) is 3.82. The van der Waals surface area contributed by atoms with Crippen molar-refractivity contribution in [1.29, 1.82) is 0 Å². The van der Waals surface area contributed by atoms with Crippen LogP contribution in [0.25, 0.3) is 0 Å². The van der Waals surface area contributed by atoms with Crippen LogP contribution in [0.4, 0.5) is 19.0 Å². The summed E-state index contributed by atoms with van der Waals surface area (Å²) in [6.07, 6.45) is -4.98. The Hall–Kier alpha value is -1.13. The van der Waals surface area contributed by atoms with Crippen molar-refractivity contribution in [3.8, 4) is 5.75 Å². The van der Waals surface area contributed by atoms with Gasteiger partial charge in [-0.15, -0.1) is 13.2 Å². The maximum Gasteiger partial charge on any atom is 0.573 e. The number of hydrogen-bond donors (Lipinski definition) is 0. The second-order valence-electron chi connectivity index (χ2n) is 2.72. The van der Waals surface area contributed by atoms with Gasteiger partial charge >= 0.3 is 12.2 Å². The molecule has 1 aromatic heterocycles. The lowest BCUT2D eigenvalue weighted by Gasteiger charge is -2.10. The quantitative estimate of drug-likeness (QED) is 0.357. The molecule has 1 heterocycles. The van der Waals surface area contributed by atoms with E-state index < -0.39 is 22.9 Å². The number of alkyl halides is 3. The summed E-state index contributed by atoms with van der Waals surface area (Å²) in [6.45, 7) is 1.28. The number of rotatable bonds is 2. The molecule has 16 heavy (non-hydrogen) atoms. The van der Waals surface area contributed by atoms with E-state index in [1.165, 1.54) is 13.0 Å². The first-order valence-electron chi connectivity index (χ1n) is 3.78. The maximum absolute atomic E-state index is 12.0. The van der Waals surface area contributed by atoms with E-state index in [2.05, 4.69) is 9.72 Å². The predicted octanol–water partition coefficient (Wildman–Crippen LogP) is 2.80. The highest BCUT2D eigenvalue weighted by molar-refractivity contribution is 14.1. The molecular weight excluding hydrogens is 344 g/mol. The Bertz CT molecular complexity index is 436. The standard InChI is InChI=1S/C7H4F3IN2O3/c1-3-2-4(11)12-6(13(14)15)5(3)16-7(8,9)10/h2H,1H3. The topological polar surface area (TPSA) is 65.3 Å². The molecule has 0 aliphatic heterocycles. The Morgan fingerprint density at radius 3 is 2.56 bits per heavy atom. The van der Waals surface area contributed by atoms with Crippen LogP contribution in [0.2, 0.25) is 0 Å². The van der Waals surface area contributed by atoms with Crippen LogP contribution >= 0.6 is 22.6 Å². The van der Waals surface area contributed by atoms with Gasteiger partial charge in [-0.05, 0) is 16.8 Å². The van der Waals surface area contributed by atoms with Crippen LogP contribution in [0, 0.1) is 20.7 Å². The van der Waals surface area contributed by atoms with Gasteiger partial charge in [-0.25, -0.2) is 0 Å². The molecule has 0 spiro atoms. The number of nitro groups is 1. The van der Waals surface area contributed by atoms with Gasteiger partial charge < -0.3 is 14.9 Å². The maximum atomic E-state index is 12.0. The molecule has 0 N–H and O–H groups in total. The highest BCUT2D eigenvalue weighted by Crippen LogP contribution is 2.34. The van der Waals surface area contributed by atoms with Crippen molar-refractivity contribution in [2.75, 3.05) is 0 Å². The summed E-state index contributed by atoms with van der Waals surface area (Å²) in [5.41, 5.74) is 0.00317. The van der Waals surface area contributed by atoms with Crippen LogP contribution in [-0.2, 0) is 0 Å². The van der Waals surface area contributed by atoms with Gasteiger partial charge in [-0.2, -0.15) is 0 Å². The summed E-state index contributed by atoms with van der Waals surface area (Å²) in [6, 6.07) is 1.26. The minimum absolute atomic E-state index is 0.00317. The summed E-state index contributed by atoms with van der Waals surface area (Å²) in [7, 11) is 0. The lowest BCUT2D eigenvalue weighted by Crippen LogP contribution is -2.19. The van der Waals surface area contributed by atoms with Crippen molar-refractivity contribution in [3.63, 3.8) is 0 Å². The van der Waals surface area contributed by atoms with E-state index in [1.807, 2.05) is 0 Å². The molecule has 1 aromatic rings. The van der Waals surface area contributed by atoms with Gasteiger partial charge in [0.2, 0.25) is 9.45 Å². The van der Waals surface area contributed by atoms with Crippen molar-refractivity contribution < 1.29 is 22.8 Å². The van der Waals surface area contributed by atoms with E-state index in [0.717, 1.165) is 0 Å². The number of ether oxygens (including phenoxy) is 1. The number of aromatic nitrogens is 1. The second kappa shape index (κ2) is 4.39. The zero-order valence-corrected chi connectivity index (χ0v) is 9.87. The molecule has 0 unspecified atom stereocenters. The molecule has 9 heteroatoms. The van der Waals surface area contributed by atoms with E-state index in [1.54, 1.807) is 22.6 Å². The number of aryl methyl sites for hydroxylation is 1. The molecule has 0 atom stereocenters. The zero-order valence-electron chi connectivity index (χ0n) is 7.71. The molecule has 0 bridgehead atoms. The summed E-state index contributed by atoms with van der Waals surface area (Å²) in [5.74, 6) is -1.82. The number of hydrogen-bond acceptors (Lipinski definition) is 4. The number of pyridine rings is 1. The fourth-order valence-electron chi connectivity index (χ4n) is 0.970. The molecule has 0 saturated heterocycles. The van der Waals surface area contributed by atoms with Gasteiger partial charge in [-0.1, -0.05) is 0 Å². The third-order valence-electron chi connectivity index (χ3n) is 1.50. The molecule has 0 saturated carbocycles. The van der Waals surface area contributed by atoms with Crippen LogP contribution in [0.3, 0.4) is 0 Å². The molecule has 0 amide bonds. The van der Waals surface area contributed by atoms with E-state index >= 15 is 0 Å². The molecule has 0 aliphatic rings. The molecular formula is C7H4F3IN2O3. The smallest absolute Gasteiger partial charge is 0.396 e. The summed E-state index contributed by atoms with van der Waals surface area (Å²) >= 11 is 1.67. The molecule has 1 rings (SSSR count). The highest BCUT2D eigenvalue weighted by atomic mass is 127. The molecule has 0 aromatic carbocycles. The largest absolute Gasteiger partial charge is 0.573 e. The van der Waals surface area contributed by atoms with Gasteiger partial charge in [0.25, 0.3) is 0 Å². The van der Waals surface area contributed by atoms with Crippen LogP contribution in [0.1, 0.15) is 5.56 Å². The third kappa shape index (κ3) is 3.18. The average molecular weight is 348 g/mol. The van der Waals surface area contributed by atoms with Gasteiger partial charge in [0.05, 0.1) is 0 Å². The van der Waals surface area contributed by atoms with E-state index in [9.17, 15) is 23.3 Å². The Kier molecular flexibility index (Phi) is 3.55. The first kappa shape index (κ1) is 12.9. The van der Waals surface area contributed by atoms with Crippen molar-refractivity contribution >= 4 is 28.4 Å². The monoisotopic (exact) mass is 348 g/mol. The minimum Gasteiger partial charge on any atom is -0.396 e. The van der Waals surface area contributed by atoms with Gasteiger partial charge in [0.15, 0.2) is 0 Å². The number of halogens is 4. The van der Waals surface area contributed by atoms with E-state index in [-0.39, 0.29) is 9.26 Å². The first-order chi connectivity index (χ1) is 7.20. The van der Waals surface area contributed by atoms with Gasteiger partial charge in [-0.3, -0.25) is 0 Å². The van der Waals surface area contributed by atoms with Gasteiger partial charge in [0.1, 0.15) is 0 Å². The zero-order chi connectivity index (χ0) is 12.5. The van der Waals surface area contributed by atoms with Gasteiger partial charge in [0, 0.05) is 34.2 Å².